The third kappa shape index (κ3) is 2.96. The van der Waals surface area contributed by atoms with Crippen LogP contribution in [0.3, 0.4) is 0 Å². The molecule has 16 heavy (non-hydrogen) atoms. The Morgan fingerprint density at radius 3 is 2.69 bits per heavy atom. The molecule has 6 nitrogen and oxygen atoms in total. The number of methoxy groups -OCH3 is 1. The van der Waals surface area contributed by atoms with Crippen molar-refractivity contribution < 1.29 is 24.5 Å². The first-order valence-electron chi connectivity index (χ1n) is 4.39. The maximum absolute atomic E-state index is 11.1. The van der Waals surface area contributed by atoms with Crippen molar-refractivity contribution in [2.45, 2.75) is 0 Å². The monoisotopic (exact) mass is 225 g/mol. The zero-order valence-electron chi connectivity index (χ0n) is 8.56. The molecule has 0 atom stereocenters. The van der Waals surface area contributed by atoms with Crippen LogP contribution >= 0.6 is 0 Å². The fourth-order valence-corrected chi connectivity index (χ4v) is 1.11. The predicted molar refractivity (Wildman–Crippen MR) is 55.6 cm³/mol. The molecule has 0 radical (unpaired) electrons. The summed E-state index contributed by atoms with van der Waals surface area (Å²) in [7, 11) is 1.37. The molecule has 0 unspecified atom stereocenters. The predicted octanol–water partition coefficient (Wildman–Crippen LogP) is 0.675. The molecule has 0 saturated carbocycles. The van der Waals surface area contributed by atoms with Crippen molar-refractivity contribution in [1.29, 1.82) is 0 Å². The van der Waals surface area contributed by atoms with E-state index >= 15 is 0 Å². The molecular weight excluding hydrogens is 214 g/mol. The van der Waals surface area contributed by atoms with Crippen LogP contribution < -0.4 is 5.32 Å². The van der Waals surface area contributed by atoms with E-state index in [0.717, 1.165) is 0 Å². The van der Waals surface area contributed by atoms with Gasteiger partial charge in [-0.1, -0.05) is 0 Å². The summed E-state index contributed by atoms with van der Waals surface area (Å²) in [5, 5.41) is 20.4. The van der Waals surface area contributed by atoms with Crippen LogP contribution in [0.5, 0.6) is 5.75 Å². The zero-order valence-corrected chi connectivity index (χ0v) is 8.56. The number of hydrogen-bond donors (Lipinski definition) is 3. The first-order valence-corrected chi connectivity index (χ1v) is 4.39. The molecule has 1 aromatic rings. The number of rotatable bonds is 4. The minimum atomic E-state index is -1.26. The summed E-state index contributed by atoms with van der Waals surface area (Å²) < 4.78 is 4.60. The number of benzene rings is 1. The number of aromatic hydroxyl groups is 1. The molecule has 3 N–H and O–H groups in total. The summed E-state index contributed by atoms with van der Waals surface area (Å²) in [6, 6.07) is 3.77. The van der Waals surface area contributed by atoms with Gasteiger partial charge in [0, 0.05) is 12.8 Å². The summed E-state index contributed by atoms with van der Waals surface area (Å²) in [5.74, 6) is -2.01. The number of phenols is 1. The van der Waals surface area contributed by atoms with E-state index < -0.39 is 11.9 Å². The average molecular weight is 225 g/mol. The summed E-state index contributed by atoms with van der Waals surface area (Å²) in [4.78, 5) is 21.8. The van der Waals surface area contributed by atoms with Gasteiger partial charge < -0.3 is 20.3 Å². The molecule has 0 heterocycles. The van der Waals surface area contributed by atoms with E-state index in [1.807, 2.05) is 0 Å². The fraction of sp³-hybridized carbons (Fsp3) is 0.200. The van der Waals surface area contributed by atoms with Gasteiger partial charge in [0.1, 0.15) is 17.9 Å². The van der Waals surface area contributed by atoms with Crippen LogP contribution in [0.2, 0.25) is 0 Å². The lowest BCUT2D eigenvalue weighted by atomic mass is 10.2. The van der Waals surface area contributed by atoms with E-state index in [-0.39, 0.29) is 23.6 Å². The van der Waals surface area contributed by atoms with Gasteiger partial charge in [-0.3, -0.25) is 4.79 Å². The number of nitrogens with one attached hydrogen (secondary N) is 1. The molecule has 0 aliphatic rings. The van der Waals surface area contributed by atoms with E-state index in [1.54, 1.807) is 0 Å². The minimum Gasteiger partial charge on any atom is -0.507 e. The molecule has 0 bridgehead atoms. The first kappa shape index (κ1) is 12.0. The Balaban J connectivity index is 2.87. The average Bonchev–Trinajstić information content (AvgIpc) is 2.21. The summed E-state index contributed by atoms with van der Waals surface area (Å²) in [6.45, 7) is -0.122. The SMILES string of the molecule is COCC(=O)Nc1ccc(O)c(C(=O)O)c1. The van der Waals surface area contributed by atoms with Gasteiger partial charge in [-0.05, 0) is 18.2 Å². The van der Waals surface area contributed by atoms with Crippen molar-refractivity contribution in [3.8, 4) is 5.75 Å². The maximum Gasteiger partial charge on any atom is 0.339 e. The van der Waals surface area contributed by atoms with Crippen molar-refractivity contribution in [3.05, 3.63) is 23.8 Å². The van der Waals surface area contributed by atoms with Crippen LogP contribution in [0.25, 0.3) is 0 Å². The highest BCUT2D eigenvalue weighted by Crippen LogP contribution is 2.21. The Morgan fingerprint density at radius 1 is 1.44 bits per heavy atom. The van der Waals surface area contributed by atoms with Crippen molar-refractivity contribution in [2.24, 2.45) is 0 Å². The van der Waals surface area contributed by atoms with Gasteiger partial charge in [-0.25, -0.2) is 4.79 Å². The largest absolute Gasteiger partial charge is 0.507 e. The van der Waals surface area contributed by atoms with Crippen molar-refractivity contribution >= 4 is 17.6 Å². The number of aromatic carboxylic acids is 1. The molecule has 0 aliphatic heterocycles. The second-order valence-electron chi connectivity index (χ2n) is 3.02. The lowest BCUT2D eigenvalue weighted by molar-refractivity contribution is -0.119. The normalized spacial score (nSPS) is 9.81. The van der Waals surface area contributed by atoms with Crippen molar-refractivity contribution in [2.75, 3.05) is 19.0 Å². The van der Waals surface area contributed by atoms with E-state index in [1.165, 1.54) is 25.3 Å². The van der Waals surface area contributed by atoms with Crippen molar-refractivity contribution in [1.82, 2.24) is 0 Å². The van der Waals surface area contributed by atoms with Crippen LogP contribution in [0.1, 0.15) is 10.4 Å². The number of hydrogen-bond acceptors (Lipinski definition) is 4. The molecule has 0 aromatic heterocycles. The molecule has 1 amide bonds. The second-order valence-corrected chi connectivity index (χ2v) is 3.02. The number of carbonyl (C=O) groups is 2. The highest BCUT2D eigenvalue weighted by atomic mass is 16.5. The molecule has 0 aliphatic carbocycles. The van der Waals surface area contributed by atoms with Crippen LogP contribution in [0, 0.1) is 0 Å². The number of anilines is 1. The topological polar surface area (TPSA) is 95.9 Å². The first-order chi connectivity index (χ1) is 7.54. The fourth-order valence-electron chi connectivity index (χ4n) is 1.11. The quantitative estimate of drug-likeness (QED) is 0.654. The summed E-state index contributed by atoms with van der Waals surface area (Å²) in [5.41, 5.74) is 0.0208. The Bertz CT molecular complexity index is 416. The molecule has 1 aromatic carbocycles. The molecule has 0 fully saturated rings. The molecule has 0 spiro atoms. The standard InChI is InChI=1S/C10H11NO5/c1-16-5-9(13)11-6-2-3-8(12)7(4-6)10(14)15/h2-4,12H,5H2,1H3,(H,11,13)(H,14,15). The zero-order chi connectivity index (χ0) is 12.1. The van der Waals surface area contributed by atoms with Gasteiger partial charge in [0.05, 0.1) is 0 Å². The third-order valence-corrected chi connectivity index (χ3v) is 1.79. The number of carboxylic acids is 1. The Labute approximate surface area is 91.5 Å². The van der Waals surface area contributed by atoms with Gasteiger partial charge in [-0.15, -0.1) is 0 Å². The highest BCUT2D eigenvalue weighted by Gasteiger charge is 2.11. The molecule has 0 saturated heterocycles. The third-order valence-electron chi connectivity index (χ3n) is 1.79. The Morgan fingerprint density at radius 2 is 2.12 bits per heavy atom. The number of ether oxygens (including phenoxy) is 1. The van der Waals surface area contributed by atoms with Gasteiger partial charge in [0.15, 0.2) is 0 Å². The molecular formula is C10H11NO5. The van der Waals surface area contributed by atoms with Crippen LogP contribution in [0.15, 0.2) is 18.2 Å². The number of carboxylic acid groups (broad SMARTS) is 1. The smallest absolute Gasteiger partial charge is 0.339 e. The van der Waals surface area contributed by atoms with Crippen LogP contribution in [-0.4, -0.2) is 35.8 Å². The number of amides is 1. The molecule has 1 rings (SSSR count). The maximum atomic E-state index is 11.1. The lowest BCUT2D eigenvalue weighted by Gasteiger charge is -2.06. The van der Waals surface area contributed by atoms with Crippen LogP contribution in [0.4, 0.5) is 5.69 Å². The molecule has 6 heteroatoms. The van der Waals surface area contributed by atoms with Crippen molar-refractivity contribution in [3.63, 3.8) is 0 Å². The van der Waals surface area contributed by atoms with Gasteiger partial charge in [-0.2, -0.15) is 0 Å². The summed E-state index contributed by atoms with van der Waals surface area (Å²) >= 11 is 0. The van der Waals surface area contributed by atoms with Gasteiger partial charge in [0.2, 0.25) is 5.91 Å². The van der Waals surface area contributed by atoms with Gasteiger partial charge in [0.25, 0.3) is 0 Å². The lowest BCUT2D eigenvalue weighted by Crippen LogP contribution is -2.17. The van der Waals surface area contributed by atoms with E-state index in [0.29, 0.717) is 0 Å². The Hall–Kier alpha value is -2.08. The minimum absolute atomic E-state index is 0.122. The molecule has 86 valence electrons. The van der Waals surface area contributed by atoms with Gasteiger partial charge >= 0.3 is 5.97 Å². The van der Waals surface area contributed by atoms with E-state index in [2.05, 4.69) is 10.1 Å². The second kappa shape index (κ2) is 5.13. The van der Waals surface area contributed by atoms with Crippen LogP contribution in [-0.2, 0) is 9.53 Å². The van der Waals surface area contributed by atoms with E-state index in [4.69, 9.17) is 5.11 Å². The number of carbonyl (C=O) groups excluding carboxylic acids is 1. The Kier molecular flexibility index (Phi) is 3.84. The highest BCUT2D eigenvalue weighted by molar-refractivity contribution is 5.95. The summed E-state index contributed by atoms with van der Waals surface area (Å²) in [6.07, 6.45) is 0. The van der Waals surface area contributed by atoms with E-state index in [9.17, 15) is 14.7 Å².